The average Bonchev–Trinajstić information content (AvgIpc) is 2.36. The van der Waals surface area contributed by atoms with Gasteiger partial charge in [0.05, 0.1) is 0 Å². The summed E-state index contributed by atoms with van der Waals surface area (Å²) in [5, 5.41) is 0. The molecular formula is C15H10BrF3O. The van der Waals surface area contributed by atoms with E-state index in [1.54, 1.807) is 6.07 Å². The SMILES string of the molecule is O=C(Cc1ccc(F)cc1F)Cc1ccc(Br)cc1F. The largest absolute Gasteiger partial charge is 0.299 e. The van der Waals surface area contributed by atoms with Crippen molar-refractivity contribution >= 4 is 21.7 Å². The Kier molecular flexibility index (Phi) is 4.60. The molecule has 0 aliphatic carbocycles. The van der Waals surface area contributed by atoms with Gasteiger partial charge in [0.15, 0.2) is 0 Å². The zero-order valence-electron chi connectivity index (χ0n) is 10.3. The average molecular weight is 343 g/mol. The van der Waals surface area contributed by atoms with Crippen molar-refractivity contribution in [2.75, 3.05) is 0 Å². The Morgan fingerprint density at radius 3 is 2.00 bits per heavy atom. The maximum absolute atomic E-state index is 13.6. The Hall–Kier alpha value is -1.62. The summed E-state index contributed by atoms with van der Waals surface area (Å²) in [4.78, 5) is 11.8. The number of rotatable bonds is 4. The van der Waals surface area contributed by atoms with Crippen molar-refractivity contribution in [2.45, 2.75) is 12.8 Å². The van der Waals surface area contributed by atoms with Crippen LogP contribution in [0.25, 0.3) is 0 Å². The molecule has 0 bridgehead atoms. The predicted octanol–water partition coefficient (Wildman–Crippen LogP) is 4.22. The van der Waals surface area contributed by atoms with Gasteiger partial charge in [0.25, 0.3) is 0 Å². The number of hydrogen-bond donors (Lipinski definition) is 0. The van der Waals surface area contributed by atoms with Crippen LogP contribution in [0.5, 0.6) is 0 Å². The van der Waals surface area contributed by atoms with Gasteiger partial charge in [0, 0.05) is 23.4 Å². The van der Waals surface area contributed by atoms with E-state index in [0.29, 0.717) is 4.47 Å². The lowest BCUT2D eigenvalue weighted by Gasteiger charge is -2.05. The summed E-state index contributed by atoms with van der Waals surface area (Å²) in [7, 11) is 0. The van der Waals surface area contributed by atoms with Crippen molar-refractivity contribution in [3.63, 3.8) is 0 Å². The molecule has 0 spiro atoms. The lowest BCUT2D eigenvalue weighted by atomic mass is 10.0. The summed E-state index contributed by atoms with van der Waals surface area (Å²) >= 11 is 3.12. The Balaban J connectivity index is 2.09. The molecule has 0 unspecified atom stereocenters. The third-order valence-corrected chi connectivity index (χ3v) is 3.30. The van der Waals surface area contributed by atoms with Crippen LogP contribution in [0.2, 0.25) is 0 Å². The fourth-order valence-corrected chi connectivity index (χ4v) is 2.15. The first-order valence-electron chi connectivity index (χ1n) is 5.85. The van der Waals surface area contributed by atoms with Gasteiger partial charge in [-0.1, -0.05) is 28.1 Å². The highest BCUT2D eigenvalue weighted by Gasteiger charge is 2.12. The van der Waals surface area contributed by atoms with E-state index in [1.807, 2.05) is 0 Å². The molecule has 0 fully saturated rings. The van der Waals surface area contributed by atoms with E-state index in [4.69, 9.17) is 0 Å². The quantitative estimate of drug-likeness (QED) is 0.812. The van der Waals surface area contributed by atoms with E-state index in [2.05, 4.69) is 15.9 Å². The molecule has 20 heavy (non-hydrogen) atoms. The summed E-state index contributed by atoms with van der Waals surface area (Å²) in [6.07, 6.45) is -0.322. The van der Waals surface area contributed by atoms with Gasteiger partial charge in [0.2, 0.25) is 0 Å². The maximum Gasteiger partial charge on any atom is 0.141 e. The summed E-state index contributed by atoms with van der Waals surface area (Å²) in [5.41, 5.74) is 0.356. The number of carbonyl (C=O) groups excluding carboxylic acids is 1. The number of benzene rings is 2. The highest BCUT2D eigenvalue weighted by Crippen LogP contribution is 2.17. The third-order valence-electron chi connectivity index (χ3n) is 2.81. The second-order valence-corrected chi connectivity index (χ2v) is 5.28. The number of Topliss-reactive ketones (excluding diaryl/α,β-unsaturated/α-hetero) is 1. The Morgan fingerprint density at radius 1 is 0.900 bits per heavy atom. The molecule has 0 heterocycles. The summed E-state index contributed by atoms with van der Waals surface area (Å²) in [6, 6.07) is 7.43. The van der Waals surface area contributed by atoms with Crippen LogP contribution in [-0.4, -0.2) is 5.78 Å². The van der Waals surface area contributed by atoms with Gasteiger partial charge in [-0.3, -0.25) is 4.79 Å². The van der Waals surface area contributed by atoms with Crippen molar-refractivity contribution in [1.29, 1.82) is 0 Å². The van der Waals surface area contributed by atoms with Crippen LogP contribution in [0.4, 0.5) is 13.2 Å². The van der Waals surface area contributed by atoms with Crippen LogP contribution in [0.15, 0.2) is 40.9 Å². The molecule has 0 aromatic heterocycles. The molecule has 0 saturated heterocycles. The highest BCUT2D eigenvalue weighted by molar-refractivity contribution is 9.10. The van der Waals surface area contributed by atoms with Crippen LogP contribution in [0.3, 0.4) is 0 Å². The molecule has 0 saturated carbocycles. The maximum atomic E-state index is 13.6. The molecule has 2 aromatic carbocycles. The molecule has 0 aliphatic heterocycles. The van der Waals surface area contributed by atoms with Gasteiger partial charge in [-0.25, -0.2) is 13.2 Å². The molecule has 5 heteroatoms. The minimum absolute atomic E-state index is 0.105. The van der Waals surface area contributed by atoms with Gasteiger partial charge >= 0.3 is 0 Å². The fraction of sp³-hybridized carbons (Fsp3) is 0.133. The monoisotopic (exact) mass is 342 g/mol. The van der Waals surface area contributed by atoms with Crippen molar-refractivity contribution in [3.05, 3.63) is 69.4 Å². The van der Waals surface area contributed by atoms with Gasteiger partial charge in [0.1, 0.15) is 23.2 Å². The first-order chi connectivity index (χ1) is 9.45. The molecule has 2 rings (SSSR count). The van der Waals surface area contributed by atoms with E-state index < -0.39 is 17.5 Å². The summed E-state index contributed by atoms with van der Waals surface area (Å²) < 4.78 is 40.3. The first-order valence-corrected chi connectivity index (χ1v) is 6.64. The fourth-order valence-electron chi connectivity index (χ4n) is 1.82. The molecule has 1 nitrogen and oxygen atoms in total. The zero-order chi connectivity index (χ0) is 14.7. The molecule has 0 atom stereocenters. The second-order valence-electron chi connectivity index (χ2n) is 4.36. The van der Waals surface area contributed by atoms with E-state index in [1.165, 1.54) is 18.2 Å². The molecule has 0 aliphatic rings. The third kappa shape index (κ3) is 3.70. The number of ketones is 1. The molecule has 104 valence electrons. The smallest absolute Gasteiger partial charge is 0.141 e. The minimum atomic E-state index is -0.769. The van der Waals surface area contributed by atoms with Gasteiger partial charge in [-0.05, 0) is 29.3 Å². The molecule has 0 N–H and O–H groups in total. The van der Waals surface area contributed by atoms with E-state index in [9.17, 15) is 18.0 Å². The van der Waals surface area contributed by atoms with Gasteiger partial charge in [-0.15, -0.1) is 0 Å². The minimum Gasteiger partial charge on any atom is -0.299 e. The van der Waals surface area contributed by atoms with Crippen molar-refractivity contribution < 1.29 is 18.0 Å². The number of hydrogen-bond acceptors (Lipinski definition) is 1. The first kappa shape index (κ1) is 14.8. The Labute approximate surface area is 122 Å². The van der Waals surface area contributed by atoms with E-state index in [-0.39, 0.29) is 29.8 Å². The highest BCUT2D eigenvalue weighted by atomic mass is 79.9. The molecular weight excluding hydrogens is 333 g/mol. The van der Waals surface area contributed by atoms with Crippen LogP contribution in [0.1, 0.15) is 11.1 Å². The summed E-state index contributed by atoms with van der Waals surface area (Å²) in [6.45, 7) is 0. The van der Waals surface area contributed by atoms with Crippen molar-refractivity contribution in [3.8, 4) is 0 Å². The normalized spacial score (nSPS) is 10.6. The van der Waals surface area contributed by atoms with Crippen molar-refractivity contribution in [1.82, 2.24) is 0 Å². The van der Waals surface area contributed by atoms with E-state index in [0.717, 1.165) is 12.1 Å². The van der Waals surface area contributed by atoms with Crippen LogP contribution < -0.4 is 0 Å². The lowest BCUT2D eigenvalue weighted by Crippen LogP contribution is -2.09. The molecule has 0 amide bonds. The predicted molar refractivity (Wildman–Crippen MR) is 72.9 cm³/mol. The summed E-state index contributed by atoms with van der Waals surface area (Å²) in [5.74, 6) is -2.30. The Bertz CT molecular complexity index is 600. The van der Waals surface area contributed by atoms with Crippen LogP contribution in [0, 0.1) is 17.5 Å². The standard InChI is InChI=1S/C15H10BrF3O/c16-11-3-1-9(14(18)7-11)5-13(20)6-10-2-4-12(17)8-15(10)19/h1-4,7-8H,5-6H2. The lowest BCUT2D eigenvalue weighted by molar-refractivity contribution is -0.117. The van der Waals surface area contributed by atoms with Gasteiger partial charge < -0.3 is 0 Å². The Morgan fingerprint density at radius 2 is 1.45 bits per heavy atom. The topological polar surface area (TPSA) is 17.1 Å². The van der Waals surface area contributed by atoms with Crippen molar-refractivity contribution in [2.24, 2.45) is 0 Å². The van der Waals surface area contributed by atoms with Crippen LogP contribution >= 0.6 is 15.9 Å². The van der Waals surface area contributed by atoms with Gasteiger partial charge in [-0.2, -0.15) is 0 Å². The molecule has 0 radical (unpaired) electrons. The number of carbonyl (C=O) groups is 1. The molecule has 2 aromatic rings. The number of halogens is 4. The zero-order valence-corrected chi connectivity index (χ0v) is 11.9. The van der Waals surface area contributed by atoms with E-state index >= 15 is 0 Å². The van der Waals surface area contributed by atoms with Crippen LogP contribution in [-0.2, 0) is 17.6 Å². The second kappa shape index (κ2) is 6.22.